The zero-order chi connectivity index (χ0) is 10.7. The van der Waals surface area contributed by atoms with E-state index in [9.17, 15) is 0 Å². The van der Waals surface area contributed by atoms with E-state index < -0.39 is 0 Å². The lowest BCUT2D eigenvalue weighted by molar-refractivity contribution is 0.237. The molecule has 0 heterocycles. The standard InChI is InChI=1S/C14H23B/c1-11-3-2-4-12(6-5-11)13-7-9-14(15)10-8-13/h5,12-14H,2-4,6-10H2,1H3. The molecule has 0 N–H and O–H groups in total. The molecule has 1 unspecified atom stereocenters. The average molecular weight is 202 g/mol. The van der Waals surface area contributed by atoms with Gasteiger partial charge in [-0.15, -0.1) is 0 Å². The number of hydrogen-bond donors (Lipinski definition) is 0. The predicted octanol–water partition coefficient (Wildman–Crippen LogP) is 4.27. The Balaban J connectivity index is 1.87. The first kappa shape index (κ1) is 11.3. The Kier molecular flexibility index (Phi) is 3.94. The Bertz CT molecular complexity index is 223. The zero-order valence-electron chi connectivity index (χ0n) is 10.0. The van der Waals surface area contributed by atoms with Crippen molar-refractivity contribution in [2.24, 2.45) is 11.8 Å². The lowest BCUT2D eigenvalue weighted by Crippen LogP contribution is -2.19. The van der Waals surface area contributed by atoms with Crippen molar-refractivity contribution < 1.29 is 0 Å². The second-order valence-corrected chi connectivity index (χ2v) is 5.61. The minimum atomic E-state index is 0.504. The molecule has 2 radical (unpaired) electrons. The summed E-state index contributed by atoms with van der Waals surface area (Å²) in [6, 6.07) is 0. The Labute approximate surface area is 95.9 Å². The van der Waals surface area contributed by atoms with Gasteiger partial charge in [-0.05, 0) is 44.4 Å². The lowest BCUT2D eigenvalue weighted by Gasteiger charge is -2.32. The largest absolute Gasteiger partial charge is 0.0853 e. The molecule has 0 amide bonds. The number of allylic oxidation sites excluding steroid dienone is 2. The van der Waals surface area contributed by atoms with Crippen LogP contribution in [0.2, 0.25) is 5.82 Å². The van der Waals surface area contributed by atoms with E-state index in [0.29, 0.717) is 5.82 Å². The van der Waals surface area contributed by atoms with Crippen molar-refractivity contribution in [3.8, 4) is 0 Å². The molecule has 0 aromatic rings. The fourth-order valence-electron chi connectivity index (χ4n) is 3.26. The second kappa shape index (κ2) is 5.23. The molecule has 0 bridgehead atoms. The van der Waals surface area contributed by atoms with Gasteiger partial charge in [-0.3, -0.25) is 0 Å². The molecule has 0 aromatic carbocycles. The monoisotopic (exact) mass is 202 g/mol. The molecule has 0 spiro atoms. The molecule has 82 valence electrons. The summed E-state index contributed by atoms with van der Waals surface area (Å²) in [5.74, 6) is 2.45. The van der Waals surface area contributed by atoms with E-state index in [-0.39, 0.29) is 0 Å². The molecule has 0 aromatic heterocycles. The van der Waals surface area contributed by atoms with Crippen LogP contribution >= 0.6 is 0 Å². The predicted molar refractivity (Wildman–Crippen MR) is 67.2 cm³/mol. The topological polar surface area (TPSA) is 0 Å². The highest BCUT2D eigenvalue weighted by Crippen LogP contribution is 2.39. The minimum absolute atomic E-state index is 0.504. The molecule has 1 heteroatoms. The van der Waals surface area contributed by atoms with E-state index in [0.717, 1.165) is 11.8 Å². The molecule has 0 nitrogen and oxygen atoms in total. The molecule has 2 aliphatic carbocycles. The Morgan fingerprint density at radius 1 is 1.07 bits per heavy atom. The van der Waals surface area contributed by atoms with Crippen molar-refractivity contribution in [2.75, 3.05) is 0 Å². The van der Waals surface area contributed by atoms with Gasteiger partial charge in [0.2, 0.25) is 0 Å². The summed E-state index contributed by atoms with van der Waals surface area (Å²) >= 11 is 0. The van der Waals surface area contributed by atoms with Gasteiger partial charge >= 0.3 is 0 Å². The Hall–Kier alpha value is -0.195. The minimum Gasteiger partial charge on any atom is -0.0853 e. The maximum atomic E-state index is 5.97. The van der Waals surface area contributed by atoms with Gasteiger partial charge in [0.15, 0.2) is 0 Å². The van der Waals surface area contributed by atoms with Crippen molar-refractivity contribution in [3.05, 3.63) is 11.6 Å². The highest BCUT2D eigenvalue weighted by Gasteiger charge is 2.25. The van der Waals surface area contributed by atoms with Crippen molar-refractivity contribution in [3.63, 3.8) is 0 Å². The second-order valence-electron chi connectivity index (χ2n) is 5.61. The first-order valence-corrected chi connectivity index (χ1v) is 6.67. The fourth-order valence-corrected chi connectivity index (χ4v) is 3.26. The molecule has 0 aliphatic heterocycles. The summed E-state index contributed by atoms with van der Waals surface area (Å²) in [4.78, 5) is 0. The average Bonchev–Trinajstić information content (AvgIpc) is 2.44. The van der Waals surface area contributed by atoms with E-state index in [1.165, 1.54) is 51.4 Å². The molecule has 2 rings (SSSR count). The quantitative estimate of drug-likeness (QED) is 0.440. The maximum absolute atomic E-state index is 5.97. The highest BCUT2D eigenvalue weighted by atomic mass is 14.3. The van der Waals surface area contributed by atoms with Crippen LogP contribution in [0.4, 0.5) is 0 Å². The summed E-state index contributed by atoms with van der Waals surface area (Å²) in [6.07, 6.45) is 13.3. The summed E-state index contributed by atoms with van der Waals surface area (Å²) in [5, 5.41) is 0. The third-order valence-electron chi connectivity index (χ3n) is 4.40. The maximum Gasteiger partial charge on any atom is 0.0699 e. The SMILES string of the molecule is [B]C1CCC(C2CC=C(C)CCC2)CC1. The van der Waals surface area contributed by atoms with Gasteiger partial charge < -0.3 is 0 Å². The molecule has 2 aliphatic rings. The highest BCUT2D eigenvalue weighted by molar-refractivity contribution is 6.11. The van der Waals surface area contributed by atoms with Crippen molar-refractivity contribution in [2.45, 2.75) is 64.1 Å². The molecular weight excluding hydrogens is 179 g/mol. The molecule has 15 heavy (non-hydrogen) atoms. The number of hydrogen-bond acceptors (Lipinski definition) is 0. The van der Waals surface area contributed by atoms with Gasteiger partial charge in [-0.2, -0.15) is 0 Å². The zero-order valence-corrected chi connectivity index (χ0v) is 10.0. The van der Waals surface area contributed by atoms with Gasteiger partial charge in [0.25, 0.3) is 0 Å². The van der Waals surface area contributed by atoms with Crippen molar-refractivity contribution in [1.82, 2.24) is 0 Å². The van der Waals surface area contributed by atoms with Gasteiger partial charge in [0.05, 0.1) is 7.85 Å². The first-order valence-electron chi connectivity index (χ1n) is 6.67. The van der Waals surface area contributed by atoms with Crippen LogP contribution in [-0.4, -0.2) is 7.85 Å². The Morgan fingerprint density at radius 2 is 1.80 bits per heavy atom. The number of rotatable bonds is 1. The summed E-state index contributed by atoms with van der Waals surface area (Å²) < 4.78 is 0. The van der Waals surface area contributed by atoms with E-state index in [4.69, 9.17) is 7.85 Å². The third-order valence-corrected chi connectivity index (χ3v) is 4.40. The molecule has 1 fully saturated rings. The van der Waals surface area contributed by atoms with Crippen LogP contribution in [0.25, 0.3) is 0 Å². The summed E-state index contributed by atoms with van der Waals surface area (Å²) in [5.41, 5.74) is 1.62. The fraction of sp³-hybridized carbons (Fsp3) is 0.857. The van der Waals surface area contributed by atoms with Gasteiger partial charge in [-0.1, -0.05) is 43.1 Å². The van der Waals surface area contributed by atoms with E-state index in [1.54, 1.807) is 5.57 Å². The van der Waals surface area contributed by atoms with Crippen LogP contribution in [0.3, 0.4) is 0 Å². The van der Waals surface area contributed by atoms with Crippen LogP contribution in [0, 0.1) is 11.8 Å². The molecule has 0 saturated heterocycles. The smallest absolute Gasteiger partial charge is 0.0699 e. The van der Waals surface area contributed by atoms with Crippen molar-refractivity contribution >= 4 is 7.85 Å². The van der Waals surface area contributed by atoms with Gasteiger partial charge in [0.1, 0.15) is 0 Å². The van der Waals surface area contributed by atoms with Crippen LogP contribution < -0.4 is 0 Å². The van der Waals surface area contributed by atoms with E-state index >= 15 is 0 Å². The summed E-state index contributed by atoms with van der Waals surface area (Å²) in [6.45, 7) is 2.29. The lowest BCUT2D eigenvalue weighted by atomic mass is 9.68. The molecule has 1 atom stereocenters. The molecular formula is C14H23B. The van der Waals surface area contributed by atoms with Gasteiger partial charge in [-0.25, -0.2) is 0 Å². The van der Waals surface area contributed by atoms with Crippen molar-refractivity contribution in [1.29, 1.82) is 0 Å². The first-order chi connectivity index (χ1) is 7.25. The van der Waals surface area contributed by atoms with E-state index in [2.05, 4.69) is 13.0 Å². The third kappa shape index (κ3) is 3.13. The van der Waals surface area contributed by atoms with Crippen LogP contribution in [-0.2, 0) is 0 Å². The van der Waals surface area contributed by atoms with E-state index in [1.807, 2.05) is 0 Å². The summed E-state index contributed by atoms with van der Waals surface area (Å²) in [7, 11) is 5.97. The normalized spacial score (nSPS) is 38.2. The van der Waals surface area contributed by atoms with Crippen LogP contribution in [0.1, 0.15) is 58.3 Å². The van der Waals surface area contributed by atoms with Crippen LogP contribution in [0.5, 0.6) is 0 Å². The molecule has 1 saturated carbocycles. The Morgan fingerprint density at radius 3 is 2.53 bits per heavy atom. The van der Waals surface area contributed by atoms with Crippen LogP contribution in [0.15, 0.2) is 11.6 Å². The van der Waals surface area contributed by atoms with Gasteiger partial charge in [0, 0.05) is 0 Å².